The first kappa shape index (κ1) is 22.0. The van der Waals surface area contributed by atoms with Crippen LogP contribution in [0.5, 0.6) is 0 Å². The second kappa shape index (κ2) is 9.54. The van der Waals surface area contributed by atoms with E-state index in [1.807, 2.05) is 44.2 Å². The minimum absolute atomic E-state index is 0.252. The van der Waals surface area contributed by atoms with Gasteiger partial charge in [0.25, 0.3) is 5.91 Å². The Labute approximate surface area is 195 Å². The number of benzene rings is 1. The molecule has 4 rings (SSSR count). The molecule has 0 saturated carbocycles. The number of carbonyl (C=O) groups is 1. The molecule has 0 aliphatic carbocycles. The summed E-state index contributed by atoms with van der Waals surface area (Å²) in [5, 5.41) is 7.79. The number of anilines is 2. The summed E-state index contributed by atoms with van der Waals surface area (Å²) in [6.07, 6.45) is 2.32. The van der Waals surface area contributed by atoms with Crippen molar-refractivity contribution in [2.24, 2.45) is 0 Å². The lowest BCUT2D eigenvalue weighted by atomic mass is 9.99. The van der Waals surface area contributed by atoms with Crippen LogP contribution in [0.15, 0.2) is 59.2 Å². The highest BCUT2D eigenvalue weighted by Gasteiger charge is 2.25. The molecule has 3 aromatic heterocycles. The average molecular weight is 467 g/mol. The molecule has 3 heterocycles. The number of nitrogens with zero attached hydrogens (tertiary/aromatic N) is 2. The van der Waals surface area contributed by atoms with Gasteiger partial charge in [0.15, 0.2) is 5.76 Å². The first-order valence-electron chi connectivity index (χ1n) is 10.2. The number of carbonyl (C=O) groups excluding carboxylic acids is 1. The number of rotatable bonds is 7. The monoisotopic (exact) mass is 466 g/mol. The average Bonchev–Trinajstić information content (AvgIpc) is 3.42. The fraction of sp³-hybridized carbons (Fsp3) is 0.208. The molecule has 0 saturated heterocycles. The van der Waals surface area contributed by atoms with Crippen molar-refractivity contribution in [3.63, 3.8) is 0 Å². The SMILES string of the molecule is CCc1cc([C@@H](Nc2nc(C)cc(C)n2)c2ccccc2Cl)c(NC(=O)c2ccco2)s1. The number of halogens is 1. The number of furan rings is 1. The highest BCUT2D eigenvalue weighted by Crippen LogP contribution is 2.39. The van der Waals surface area contributed by atoms with E-state index in [0.717, 1.165) is 38.8 Å². The molecule has 2 N–H and O–H groups in total. The van der Waals surface area contributed by atoms with E-state index in [0.29, 0.717) is 11.0 Å². The van der Waals surface area contributed by atoms with Gasteiger partial charge in [-0.25, -0.2) is 9.97 Å². The van der Waals surface area contributed by atoms with E-state index in [4.69, 9.17) is 16.0 Å². The van der Waals surface area contributed by atoms with Crippen LogP contribution in [0.4, 0.5) is 10.9 Å². The molecule has 0 bridgehead atoms. The summed E-state index contributed by atoms with van der Waals surface area (Å²) in [5.41, 5.74) is 3.49. The highest BCUT2D eigenvalue weighted by atomic mass is 35.5. The molecule has 164 valence electrons. The fourth-order valence-corrected chi connectivity index (χ4v) is 4.74. The van der Waals surface area contributed by atoms with Crippen LogP contribution in [-0.2, 0) is 6.42 Å². The summed E-state index contributed by atoms with van der Waals surface area (Å²) in [6, 6.07) is 14.6. The number of hydrogen-bond donors (Lipinski definition) is 2. The topological polar surface area (TPSA) is 80.0 Å². The third-order valence-corrected chi connectivity index (χ3v) is 6.47. The normalized spacial score (nSPS) is 11.9. The second-order valence-corrected chi connectivity index (χ2v) is 8.90. The lowest BCUT2D eigenvalue weighted by Gasteiger charge is -2.21. The molecular formula is C24H23ClN4O2S. The molecule has 6 nitrogen and oxygen atoms in total. The van der Waals surface area contributed by atoms with Crippen molar-refractivity contribution >= 4 is 39.8 Å². The van der Waals surface area contributed by atoms with Crippen molar-refractivity contribution in [2.45, 2.75) is 33.2 Å². The summed E-state index contributed by atoms with van der Waals surface area (Å²) in [4.78, 5) is 23.0. The molecule has 0 spiro atoms. The van der Waals surface area contributed by atoms with Gasteiger partial charge in [-0.1, -0.05) is 36.7 Å². The van der Waals surface area contributed by atoms with Crippen LogP contribution in [0.25, 0.3) is 0 Å². The van der Waals surface area contributed by atoms with Crippen molar-refractivity contribution in [3.05, 3.63) is 93.0 Å². The number of thiophene rings is 1. The zero-order valence-electron chi connectivity index (χ0n) is 18.0. The molecule has 0 aliphatic heterocycles. The first-order valence-corrected chi connectivity index (χ1v) is 11.4. The summed E-state index contributed by atoms with van der Waals surface area (Å²) in [7, 11) is 0. The molecule has 1 amide bonds. The number of amides is 1. The van der Waals surface area contributed by atoms with E-state index in [9.17, 15) is 4.79 Å². The predicted octanol–water partition coefficient (Wildman–Crippen LogP) is 6.42. The Bertz CT molecular complexity index is 1220. The maximum atomic E-state index is 12.7. The van der Waals surface area contributed by atoms with E-state index in [1.165, 1.54) is 17.6 Å². The van der Waals surface area contributed by atoms with Crippen LogP contribution >= 0.6 is 22.9 Å². The van der Waals surface area contributed by atoms with Gasteiger partial charge in [0, 0.05) is 26.9 Å². The van der Waals surface area contributed by atoms with Crippen LogP contribution < -0.4 is 10.6 Å². The van der Waals surface area contributed by atoms with E-state index in [2.05, 4.69) is 33.6 Å². The van der Waals surface area contributed by atoms with E-state index < -0.39 is 0 Å². The number of aromatic nitrogens is 2. The summed E-state index contributed by atoms with van der Waals surface area (Å²) < 4.78 is 5.26. The summed E-state index contributed by atoms with van der Waals surface area (Å²) >= 11 is 8.13. The molecule has 0 radical (unpaired) electrons. The van der Waals surface area contributed by atoms with Gasteiger partial charge in [-0.2, -0.15) is 0 Å². The smallest absolute Gasteiger partial charge is 0.291 e. The molecule has 1 aromatic carbocycles. The van der Waals surface area contributed by atoms with Crippen LogP contribution in [0.2, 0.25) is 5.02 Å². The Morgan fingerprint density at radius 1 is 1.09 bits per heavy atom. The van der Waals surface area contributed by atoms with Crippen molar-refractivity contribution in [3.8, 4) is 0 Å². The van der Waals surface area contributed by atoms with Gasteiger partial charge in [-0.3, -0.25) is 4.79 Å². The predicted molar refractivity (Wildman–Crippen MR) is 129 cm³/mol. The zero-order chi connectivity index (χ0) is 22.7. The minimum Gasteiger partial charge on any atom is -0.459 e. The Morgan fingerprint density at radius 3 is 2.50 bits per heavy atom. The van der Waals surface area contributed by atoms with Crippen molar-refractivity contribution in [1.82, 2.24) is 9.97 Å². The zero-order valence-corrected chi connectivity index (χ0v) is 19.6. The van der Waals surface area contributed by atoms with Crippen LogP contribution in [0.1, 0.15) is 50.9 Å². The quantitative estimate of drug-likeness (QED) is 0.328. The number of nitrogens with one attached hydrogen (secondary N) is 2. The number of hydrogen-bond acceptors (Lipinski definition) is 6. The van der Waals surface area contributed by atoms with Gasteiger partial charge in [-0.15, -0.1) is 11.3 Å². The Morgan fingerprint density at radius 2 is 1.84 bits per heavy atom. The Balaban J connectivity index is 1.79. The fourth-order valence-electron chi connectivity index (χ4n) is 3.47. The number of aryl methyl sites for hydroxylation is 3. The van der Waals surface area contributed by atoms with Gasteiger partial charge in [0.1, 0.15) is 5.00 Å². The summed E-state index contributed by atoms with van der Waals surface area (Å²) in [5.74, 6) is 0.448. The van der Waals surface area contributed by atoms with Gasteiger partial charge in [0.05, 0.1) is 12.3 Å². The van der Waals surface area contributed by atoms with Crippen molar-refractivity contribution < 1.29 is 9.21 Å². The van der Waals surface area contributed by atoms with Gasteiger partial charge >= 0.3 is 0 Å². The van der Waals surface area contributed by atoms with Gasteiger partial charge in [-0.05, 0) is 56.2 Å². The van der Waals surface area contributed by atoms with Crippen LogP contribution in [0, 0.1) is 13.8 Å². The Kier molecular flexibility index (Phi) is 6.58. The van der Waals surface area contributed by atoms with Gasteiger partial charge < -0.3 is 15.1 Å². The lowest BCUT2D eigenvalue weighted by Crippen LogP contribution is -2.18. The second-order valence-electron chi connectivity index (χ2n) is 7.36. The van der Waals surface area contributed by atoms with E-state index >= 15 is 0 Å². The van der Waals surface area contributed by atoms with Gasteiger partial charge in [0.2, 0.25) is 5.95 Å². The van der Waals surface area contributed by atoms with E-state index in [1.54, 1.807) is 12.1 Å². The van der Waals surface area contributed by atoms with Crippen LogP contribution in [0.3, 0.4) is 0 Å². The largest absolute Gasteiger partial charge is 0.459 e. The summed E-state index contributed by atoms with van der Waals surface area (Å²) in [6.45, 7) is 5.94. The first-order chi connectivity index (χ1) is 15.4. The molecule has 0 fully saturated rings. The standard InChI is InChI=1S/C24H23ClN4O2S/c1-4-16-13-18(23(32-16)29-22(30)20-10-7-11-31-20)21(17-8-5-6-9-19(17)25)28-24-26-14(2)12-15(3)27-24/h5-13,21H,4H2,1-3H3,(H,29,30)(H,26,27,28)/t21-/m0/s1. The van der Waals surface area contributed by atoms with Crippen molar-refractivity contribution in [2.75, 3.05) is 10.6 Å². The molecule has 8 heteroatoms. The molecule has 4 aromatic rings. The molecule has 0 unspecified atom stereocenters. The van der Waals surface area contributed by atoms with Crippen molar-refractivity contribution in [1.29, 1.82) is 0 Å². The molecule has 32 heavy (non-hydrogen) atoms. The highest BCUT2D eigenvalue weighted by molar-refractivity contribution is 7.16. The minimum atomic E-state index is -0.367. The molecule has 0 aliphatic rings. The lowest BCUT2D eigenvalue weighted by molar-refractivity contribution is 0.0997. The molecular weight excluding hydrogens is 444 g/mol. The third kappa shape index (κ3) is 4.84. The maximum Gasteiger partial charge on any atom is 0.291 e. The third-order valence-electron chi connectivity index (χ3n) is 4.92. The van der Waals surface area contributed by atoms with Crippen LogP contribution in [-0.4, -0.2) is 15.9 Å². The maximum absolute atomic E-state index is 12.7. The molecule has 1 atom stereocenters. The Hall–Kier alpha value is -3.16. The van der Waals surface area contributed by atoms with E-state index in [-0.39, 0.29) is 17.7 Å².